The minimum Gasteiger partial charge on any atom is -0.313 e. The highest BCUT2D eigenvalue weighted by Crippen LogP contribution is 2.35. The van der Waals surface area contributed by atoms with E-state index in [1.807, 2.05) is 0 Å². The van der Waals surface area contributed by atoms with Gasteiger partial charge in [-0.2, -0.15) is 5.26 Å². The SMILES string of the molecule is CC1CN(CCC2CCCC2(N)C#N)CCN1C. The topological polar surface area (TPSA) is 56.3 Å². The highest BCUT2D eigenvalue weighted by Gasteiger charge is 2.39. The Labute approximate surface area is 111 Å². The van der Waals surface area contributed by atoms with Crippen molar-refractivity contribution in [2.24, 2.45) is 11.7 Å². The van der Waals surface area contributed by atoms with Gasteiger partial charge in [-0.3, -0.25) is 0 Å². The van der Waals surface area contributed by atoms with Gasteiger partial charge in [-0.25, -0.2) is 0 Å². The number of hydrogen-bond donors (Lipinski definition) is 1. The highest BCUT2D eigenvalue weighted by atomic mass is 15.3. The van der Waals surface area contributed by atoms with Gasteiger partial charge in [0.2, 0.25) is 0 Å². The Bertz CT molecular complexity index is 324. The minimum absolute atomic E-state index is 0.400. The van der Waals surface area contributed by atoms with Gasteiger partial charge in [-0.15, -0.1) is 0 Å². The van der Waals surface area contributed by atoms with E-state index in [-0.39, 0.29) is 0 Å². The first-order valence-corrected chi connectivity index (χ1v) is 7.18. The van der Waals surface area contributed by atoms with Crippen LogP contribution in [0.15, 0.2) is 0 Å². The fraction of sp³-hybridized carbons (Fsp3) is 0.929. The van der Waals surface area contributed by atoms with Gasteiger partial charge < -0.3 is 15.5 Å². The zero-order valence-electron chi connectivity index (χ0n) is 11.7. The number of piperazine rings is 1. The Kier molecular flexibility index (Phi) is 4.26. The number of nitrogens with two attached hydrogens (primary N) is 1. The van der Waals surface area contributed by atoms with E-state index in [4.69, 9.17) is 5.73 Å². The summed E-state index contributed by atoms with van der Waals surface area (Å²) in [6.45, 7) is 6.83. The zero-order chi connectivity index (χ0) is 13.2. The average Bonchev–Trinajstić information content (AvgIpc) is 2.73. The van der Waals surface area contributed by atoms with Gasteiger partial charge in [-0.05, 0) is 45.7 Å². The molecule has 3 atom stereocenters. The van der Waals surface area contributed by atoms with Crippen LogP contribution in [0.4, 0.5) is 0 Å². The summed E-state index contributed by atoms with van der Waals surface area (Å²) in [5, 5.41) is 9.21. The maximum atomic E-state index is 9.21. The Morgan fingerprint density at radius 3 is 2.89 bits per heavy atom. The molecule has 0 spiro atoms. The molecule has 18 heavy (non-hydrogen) atoms. The summed E-state index contributed by atoms with van der Waals surface area (Å²) < 4.78 is 0. The molecule has 0 aromatic carbocycles. The fourth-order valence-electron chi connectivity index (χ4n) is 3.32. The van der Waals surface area contributed by atoms with Gasteiger partial charge in [0.05, 0.1) is 6.07 Å². The van der Waals surface area contributed by atoms with Crippen molar-refractivity contribution < 1.29 is 0 Å². The van der Waals surface area contributed by atoms with Crippen LogP contribution in [0.3, 0.4) is 0 Å². The molecular weight excluding hydrogens is 224 g/mol. The molecule has 2 fully saturated rings. The summed E-state index contributed by atoms with van der Waals surface area (Å²) in [4.78, 5) is 4.94. The van der Waals surface area contributed by atoms with Gasteiger partial charge in [0, 0.05) is 25.7 Å². The lowest BCUT2D eigenvalue weighted by Crippen LogP contribution is -2.51. The molecule has 1 saturated carbocycles. The summed E-state index contributed by atoms with van der Waals surface area (Å²) in [6, 6.07) is 2.98. The molecule has 1 aliphatic carbocycles. The van der Waals surface area contributed by atoms with Gasteiger partial charge in [0.1, 0.15) is 5.54 Å². The smallest absolute Gasteiger partial charge is 0.107 e. The summed E-state index contributed by atoms with van der Waals surface area (Å²) in [7, 11) is 2.19. The quantitative estimate of drug-likeness (QED) is 0.813. The molecule has 4 nitrogen and oxygen atoms in total. The third-order valence-electron chi connectivity index (χ3n) is 4.92. The second-order valence-electron chi connectivity index (χ2n) is 6.16. The molecule has 0 aromatic heterocycles. The Morgan fingerprint density at radius 1 is 1.44 bits per heavy atom. The molecule has 2 rings (SSSR count). The van der Waals surface area contributed by atoms with Gasteiger partial charge >= 0.3 is 0 Å². The van der Waals surface area contributed by atoms with E-state index in [0.29, 0.717) is 12.0 Å². The van der Waals surface area contributed by atoms with Gasteiger partial charge in [-0.1, -0.05) is 6.42 Å². The van der Waals surface area contributed by atoms with E-state index in [0.717, 1.165) is 51.9 Å². The molecular formula is C14H26N4. The van der Waals surface area contributed by atoms with Crippen LogP contribution in [0.2, 0.25) is 0 Å². The minimum atomic E-state index is -0.543. The van der Waals surface area contributed by atoms with E-state index in [2.05, 4.69) is 29.8 Å². The van der Waals surface area contributed by atoms with E-state index < -0.39 is 5.54 Å². The van der Waals surface area contributed by atoms with E-state index >= 15 is 0 Å². The van der Waals surface area contributed by atoms with E-state index in [9.17, 15) is 5.26 Å². The monoisotopic (exact) mass is 250 g/mol. The van der Waals surface area contributed by atoms with Crippen molar-refractivity contribution >= 4 is 0 Å². The standard InChI is InChI=1S/C14H26N4/c1-12-10-18(9-8-17(12)2)7-5-13-4-3-6-14(13,16)11-15/h12-13H,3-10,16H2,1-2H3. The molecule has 1 saturated heterocycles. The predicted octanol–water partition coefficient (Wildman–Crippen LogP) is 1.03. The molecule has 0 amide bonds. The second kappa shape index (κ2) is 5.56. The van der Waals surface area contributed by atoms with Gasteiger partial charge in [0.15, 0.2) is 0 Å². The van der Waals surface area contributed by atoms with Crippen molar-refractivity contribution in [1.29, 1.82) is 5.26 Å². The van der Waals surface area contributed by atoms with Crippen molar-refractivity contribution in [1.82, 2.24) is 9.80 Å². The normalized spacial score (nSPS) is 38.8. The predicted molar refractivity (Wildman–Crippen MR) is 73.0 cm³/mol. The molecule has 1 aliphatic heterocycles. The molecule has 102 valence electrons. The number of likely N-dealkylation sites (N-methyl/N-ethyl adjacent to an activating group) is 1. The molecule has 1 heterocycles. The Hall–Kier alpha value is -0.630. The molecule has 4 heteroatoms. The first kappa shape index (κ1) is 13.8. The summed E-state index contributed by atoms with van der Waals surface area (Å²) >= 11 is 0. The molecule has 2 N–H and O–H groups in total. The first-order chi connectivity index (χ1) is 8.55. The second-order valence-corrected chi connectivity index (χ2v) is 6.16. The van der Waals surface area contributed by atoms with Crippen LogP contribution < -0.4 is 5.73 Å². The molecule has 0 bridgehead atoms. The third kappa shape index (κ3) is 2.85. The lowest BCUT2D eigenvalue weighted by atomic mass is 9.87. The fourth-order valence-corrected chi connectivity index (χ4v) is 3.32. The van der Waals surface area contributed by atoms with Crippen LogP contribution in [-0.2, 0) is 0 Å². The van der Waals surface area contributed by atoms with Crippen LogP contribution in [-0.4, -0.2) is 54.6 Å². The largest absolute Gasteiger partial charge is 0.313 e. The number of nitriles is 1. The Morgan fingerprint density at radius 2 is 2.22 bits per heavy atom. The average molecular weight is 250 g/mol. The Balaban J connectivity index is 1.80. The lowest BCUT2D eigenvalue weighted by molar-refractivity contribution is 0.0985. The molecule has 2 aliphatic rings. The number of nitrogens with zero attached hydrogens (tertiary/aromatic N) is 3. The summed E-state index contributed by atoms with van der Waals surface area (Å²) in [5.41, 5.74) is 5.64. The summed E-state index contributed by atoms with van der Waals surface area (Å²) in [6.07, 6.45) is 4.22. The van der Waals surface area contributed by atoms with Crippen LogP contribution in [0.25, 0.3) is 0 Å². The maximum absolute atomic E-state index is 9.21. The molecule has 3 unspecified atom stereocenters. The van der Waals surface area contributed by atoms with Crippen molar-refractivity contribution in [3.63, 3.8) is 0 Å². The molecule has 0 aromatic rings. The zero-order valence-corrected chi connectivity index (χ0v) is 11.7. The number of hydrogen-bond acceptors (Lipinski definition) is 4. The van der Waals surface area contributed by atoms with Gasteiger partial charge in [0.25, 0.3) is 0 Å². The van der Waals surface area contributed by atoms with E-state index in [1.165, 1.54) is 0 Å². The highest BCUT2D eigenvalue weighted by molar-refractivity contribution is 5.12. The van der Waals surface area contributed by atoms with Crippen molar-refractivity contribution in [2.75, 3.05) is 33.2 Å². The van der Waals surface area contributed by atoms with Crippen molar-refractivity contribution in [2.45, 2.75) is 44.2 Å². The number of rotatable bonds is 3. The van der Waals surface area contributed by atoms with Crippen LogP contribution in [0, 0.1) is 17.2 Å². The van der Waals surface area contributed by atoms with Crippen LogP contribution in [0.5, 0.6) is 0 Å². The first-order valence-electron chi connectivity index (χ1n) is 7.18. The lowest BCUT2D eigenvalue weighted by Gasteiger charge is -2.38. The van der Waals surface area contributed by atoms with Crippen LogP contribution in [0.1, 0.15) is 32.6 Å². The van der Waals surface area contributed by atoms with Crippen molar-refractivity contribution in [3.05, 3.63) is 0 Å². The maximum Gasteiger partial charge on any atom is 0.107 e. The van der Waals surface area contributed by atoms with Crippen LogP contribution >= 0.6 is 0 Å². The molecule has 0 radical (unpaired) electrons. The summed E-state index contributed by atoms with van der Waals surface area (Å²) in [5.74, 6) is 0.400. The van der Waals surface area contributed by atoms with Crippen molar-refractivity contribution in [3.8, 4) is 6.07 Å². The van der Waals surface area contributed by atoms with E-state index in [1.54, 1.807) is 0 Å². The third-order valence-corrected chi connectivity index (χ3v) is 4.92.